The van der Waals surface area contributed by atoms with Crippen LogP contribution in [-0.4, -0.2) is 40.9 Å². The van der Waals surface area contributed by atoms with Gasteiger partial charge in [0.05, 0.1) is 12.2 Å². The maximum Gasteiger partial charge on any atom is 0.303 e. The first-order valence-electron chi connectivity index (χ1n) is 11.9. The van der Waals surface area contributed by atoms with Crippen molar-refractivity contribution in [1.29, 1.82) is 0 Å². The highest BCUT2D eigenvalue weighted by atomic mass is 19.3. The Bertz CT molecular complexity index is 574. The van der Waals surface area contributed by atoms with Crippen LogP contribution in [0.2, 0.25) is 0 Å². The van der Waals surface area contributed by atoms with Gasteiger partial charge in [-0.2, -0.15) is 0 Å². The molecule has 1 heterocycles. The Morgan fingerprint density at radius 2 is 1.83 bits per heavy atom. The standard InChI is InChI=1S/C24H38F2O4/c25-24(26,13-11-17-5-2-1-3-6-17)14-12-19-20-10-9-18(7-4-8-23(28)29)16-30-22(20)15-21(19)27/h12,14,17-22,27H,1-11,13,15-16H2,(H,28,29)/b14-12+/t18-,19+,20+,21+,22-/m0/s1. The molecule has 0 aromatic carbocycles. The maximum atomic E-state index is 14.5. The lowest BCUT2D eigenvalue weighted by Gasteiger charge is -2.24. The summed E-state index contributed by atoms with van der Waals surface area (Å²) in [5.74, 6) is -3.07. The number of allylic oxidation sites excluding steroid dienone is 1. The van der Waals surface area contributed by atoms with E-state index < -0.39 is 18.0 Å². The van der Waals surface area contributed by atoms with E-state index in [0.29, 0.717) is 37.7 Å². The van der Waals surface area contributed by atoms with Gasteiger partial charge in [0.1, 0.15) is 0 Å². The Labute approximate surface area is 179 Å². The molecule has 0 aromatic rings. The largest absolute Gasteiger partial charge is 0.481 e. The van der Waals surface area contributed by atoms with Crippen molar-refractivity contribution in [2.45, 2.75) is 102 Å². The number of aliphatic hydroxyl groups excluding tert-OH is 1. The topological polar surface area (TPSA) is 66.8 Å². The number of rotatable bonds is 9. The molecular formula is C24H38F2O4. The molecule has 0 radical (unpaired) electrons. The predicted molar refractivity (Wildman–Crippen MR) is 111 cm³/mol. The number of halogens is 2. The number of ether oxygens (including phenoxy) is 1. The molecule has 0 unspecified atom stereocenters. The third-order valence-corrected chi connectivity index (χ3v) is 7.52. The van der Waals surface area contributed by atoms with Crippen molar-refractivity contribution in [3.63, 3.8) is 0 Å². The van der Waals surface area contributed by atoms with Crippen LogP contribution >= 0.6 is 0 Å². The van der Waals surface area contributed by atoms with Crippen LogP contribution in [0.3, 0.4) is 0 Å². The Morgan fingerprint density at radius 3 is 2.57 bits per heavy atom. The summed E-state index contributed by atoms with van der Waals surface area (Å²) in [6.07, 6.45) is 11.9. The number of hydrogen-bond acceptors (Lipinski definition) is 3. The molecule has 0 amide bonds. The van der Waals surface area contributed by atoms with Crippen LogP contribution in [0.15, 0.2) is 12.2 Å². The molecule has 0 spiro atoms. The molecule has 4 nitrogen and oxygen atoms in total. The summed E-state index contributed by atoms with van der Waals surface area (Å²) in [6, 6.07) is 0. The van der Waals surface area contributed by atoms with Gasteiger partial charge in [0.15, 0.2) is 0 Å². The normalized spacial score (nSPS) is 33.5. The highest BCUT2D eigenvalue weighted by Crippen LogP contribution is 2.42. The van der Waals surface area contributed by atoms with Crippen molar-refractivity contribution >= 4 is 5.97 Å². The van der Waals surface area contributed by atoms with Gasteiger partial charge in [0.2, 0.25) is 0 Å². The van der Waals surface area contributed by atoms with E-state index in [4.69, 9.17) is 9.84 Å². The first kappa shape index (κ1) is 23.6. The fourth-order valence-electron chi connectivity index (χ4n) is 5.69. The second-order valence-electron chi connectivity index (χ2n) is 9.81. The molecule has 3 rings (SSSR count). The van der Waals surface area contributed by atoms with Gasteiger partial charge in [0, 0.05) is 31.8 Å². The van der Waals surface area contributed by atoms with Gasteiger partial charge >= 0.3 is 5.97 Å². The van der Waals surface area contributed by atoms with E-state index in [-0.39, 0.29) is 30.8 Å². The summed E-state index contributed by atoms with van der Waals surface area (Å²) in [6.45, 7) is 0.571. The van der Waals surface area contributed by atoms with Gasteiger partial charge in [-0.05, 0) is 55.9 Å². The lowest BCUT2D eigenvalue weighted by molar-refractivity contribution is -0.137. The summed E-state index contributed by atoms with van der Waals surface area (Å²) in [7, 11) is 0. The fraction of sp³-hybridized carbons (Fsp3) is 0.875. The lowest BCUT2D eigenvalue weighted by Crippen LogP contribution is -2.22. The fourth-order valence-corrected chi connectivity index (χ4v) is 5.69. The van der Waals surface area contributed by atoms with Crippen LogP contribution in [0.1, 0.15) is 83.5 Å². The van der Waals surface area contributed by atoms with Crippen LogP contribution < -0.4 is 0 Å². The lowest BCUT2D eigenvalue weighted by atomic mass is 9.84. The number of aliphatic carboxylic acids is 1. The average Bonchev–Trinajstić information content (AvgIpc) is 2.88. The zero-order chi connectivity index (χ0) is 21.6. The predicted octanol–water partition coefficient (Wildman–Crippen LogP) is 5.59. The zero-order valence-corrected chi connectivity index (χ0v) is 18.0. The number of fused-ring (bicyclic) bond motifs is 1. The highest BCUT2D eigenvalue weighted by Gasteiger charge is 2.43. The maximum absolute atomic E-state index is 14.5. The van der Waals surface area contributed by atoms with E-state index in [0.717, 1.165) is 38.2 Å². The summed E-state index contributed by atoms with van der Waals surface area (Å²) in [4.78, 5) is 10.7. The highest BCUT2D eigenvalue weighted by molar-refractivity contribution is 5.66. The van der Waals surface area contributed by atoms with Gasteiger partial charge in [-0.3, -0.25) is 4.79 Å². The number of carboxylic acids is 1. The number of carbonyl (C=O) groups is 1. The summed E-state index contributed by atoms with van der Waals surface area (Å²) in [5, 5.41) is 19.3. The summed E-state index contributed by atoms with van der Waals surface area (Å²) in [5.41, 5.74) is 0. The van der Waals surface area contributed by atoms with Crippen molar-refractivity contribution in [2.24, 2.45) is 23.7 Å². The molecular weight excluding hydrogens is 390 g/mol. The Balaban J connectivity index is 1.50. The molecule has 1 saturated heterocycles. The van der Waals surface area contributed by atoms with Crippen molar-refractivity contribution in [3.05, 3.63) is 12.2 Å². The van der Waals surface area contributed by atoms with Crippen LogP contribution in [-0.2, 0) is 9.53 Å². The van der Waals surface area contributed by atoms with E-state index >= 15 is 0 Å². The third-order valence-electron chi connectivity index (χ3n) is 7.52. The second-order valence-corrected chi connectivity index (χ2v) is 9.81. The van der Waals surface area contributed by atoms with Gasteiger partial charge in [-0.1, -0.05) is 38.2 Å². The summed E-state index contributed by atoms with van der Waals surface area (Å²) < 4.78 is 35.0. The van der Waals surface area contributed by atoms with E-state index in [1.165, 1.54) is 19.3 Å². The number of aliphatic hydroxyl groups is 1. The second kappa shape index (κ2) is 11.0. The number of alkyl halides is 2. The SMILES string of the molecule is O=C(O)CCC[C@H]1CC[C@@H]2[C@@H](/C=C/C(F)(F)CCC3CCCCC3)[C@H](O)C[C@@H]2OC1. The molecule has 2 saturated carbocycles. The van der Waals surface area contributed by atoms with E-state index in [2.05, 4.69) is 0 Å². The van der Waals surface area contributed by atoms with Crippen molar-refractivity contribution < 1.29 is 28.5 Å². The number of carboxylic acid groups (broad SMARTS) is 1. The molecule has 2 N–H and O–H groups in total. The average molecular weight is 429 g/mol. The molecule has 2 aliphatic carbocycles. The minimum atomic E-state index is -2.82. The minimum absolute atomic E-state index is 0.0647. The first-order valence-corrected chi connectivity index (χ1v) is 11.9. The van der Waals surface area contributed by atoms with Crippen molar-refractivity contribution in [2.75, 3.05) is 6.61 Å². The van der Waals surface area contributed by atoms with Crippen LogP contribution in [0.4, 0.5) is 8.78 Å². The van der Waals surface area contributed by atoms with Gasteiger partial charge in [-0.25, -0.2) is 8.78 Å². The van der Waals surface area contributed by atoms with Crippen molar-refractivity contribution in [1.82, 2.24) is 0 Å². The van der Waals surface area contributed by atoms with E-state index in [1.54, 1.807) is 6.08 Å². The smallest absolute Gasteiger partial charge is 0.303 e. The van der Waals surface area contributed by atoms with Gasteiger partial charge in [0.25, 0.3) is 5.92 Å². The Kier molecular flexibility index (Phi) is 8.70. The quantitative estimate of drug-likeness (QED) is 0.470. The molecule has 3 fully saturated rings. The molecule has 1 aliphatic heterocycles. The summed E-state index contributed by atoms with van der Waals surface area (Å²) >= 11 is 0. The molecule has 30 heavy (non-hydrogen) atoms. The minimum Gasteiger partial charge on any atom is -0.481 e. The first-order chi connectivity index (χ1) is 14.3. The Hall–Kier alpha value is -1.01. The molecule has 172 valence electrons. The van der Waals surface area contributed by atoms with Crippen LogP contribution in [0.5, 0.6) is 0 Å². The molecule has 6 heteroatoms. The molecule has 0 aromatic heterocycles. The van der Waals surface area contributed by atoms with Crippen molar-refractivity contribution in [3.8, 4) is 0 Å². The van der Waals surface area contributed by atoms with Crippen LogP contribution in [0.25, 0.3) is 0 Å². The van der Waals surface area contributed by atoms with Gasteiger partial charge in [-0.15, -0.1) is 0 Å². The number of hydrogen-bond donors (Lipinski definition) is 2. The third kappa shape index (κ3) is 7.01. The van der Waals surface area contributed by atoms with E-state index in [1.807, 2.05) is 0 Å². The monoisotopic (exact) mass is 428 g/mol. The van der Waals surface area contributed by atoms with Gasteiger partial charge < -0.3 is 14.9 Å². The molecule has 5 atom stereocenters. The Morgan fingerprint density at radius 1 is 1.07 bits per heavy atom. The van der Waals surface area contributed by atoms with Crippen LogP contribution in [0, 0.1) is 23.7 Å². The zero-order valence-electron chi connectivity index (χ0n) is 18.0. The molecule has 3 aliphatic rings. The molecule has 0 bridgehead atoms. The van der Waals surface area contributed by atoms with E-state index in [9.17, 15) is 18.7 Å².